The van der Waals surface area contributed by atoms with Crippen LogP contribution in [-0.4, -0.2) is 44.4 Å². The Balaban J connectivity index is 1.69. The Morgan fingerprint density at radius 1 is 1.55 bits per heavy atom. The quantitative estimate of drug-likeness (QED) is 0.911. The van der Waals surface area contributed by atoms with Crippen molar-refractivity contribution in [2.45, 2.75) is 25.5 Å². The molecule has 3 heterocycles. The van der Waals surface area contributed by atoms with Gasteiger partial charge in [-0.05, 0) is 31.5 Å². The van der Waals surface area contributed by atoms with E-state index in [1.807, 2.05) is 12.3 Å². The van der Waals surface area contributed by atoms with Gasteiger partial charge in [-0.3, -0.25) is 9.48 Å². The van der Waals surface area contributed by atoms with Crippen molar-refractivity contribution in [2.75, 3.05) is 13.1 Å². The van der Waals surface area contributed by atoms with Gasteiger partial charge in [-0.15, -0.1) is 0 Å². The average molecular weight is 275 g/mol. The Kier molecular flexibility index (Phi) is 3.10. The second-order valence-electron chi connectivity index (χ2n) is 5.44. The lowest BCUT2D eigenvalue weighted by Crippen LogP contribution is -2.33. The minimum absolute atomic E-state index is 0.172. The summed E-state index contributed by atoms with van der Waals surface area (Å²) < 4.78 is 7.30. The average Bonchev–Trinajstić information content (AvgIpc) is 3.10. The van der Waals surface area contributed by atoms with Crippen LogP contribution in [0.25, 0.3) is 0 Å². The van der Waals surface area contributed by atoms with Crippen LogP contribution >= 0.6 is 0 Å². The van der Waals surface area contributed by atoms with Crippen LogP contribution in [0.2, 0.25) is 0 Å². The number of aliphatic hydroxyl groups is 1. The third kappa shape index (κ3) is 2.60. The minimum atomic E-state index is -0.792. The molecule has 1 amide bonds. The van der Waals surface area contributed by atoms with E-state index in [4.69, 9.17) is 4.42 Å². The zero-order valence-corrected chi connectivity index (χ0v) is 11.3. The van der Waals surface area contributed by atoms with Crippen LogP contribution in [0.15, 0.2) is 35.0 Å². The molecule has 1 aliphatic heterocycles. The topological polar surface area (TPSA) is 71.5 Å². The summed E-state index contributed by atoms with van der Waals surface area (Å²) in [5.74, 6) is 0.822. The van der Waals surface area contributed by atoms with Gasteiger partial charge in [0, 0.05) is 25.5 Å². The lowest BCUT2D eigenvalue weighted by molar-refractivity contribution is 0.0554. The Morgan fingerprint density at radius 2 is 2.40 bits per heavy atom. The summed E-state index contributed by atoms with van der Waals surface area (Å²) in [6.07, 6.45) is 4.13. The molecule has 0 aromatic carbocycles. The monoisotopic (exact) mass is 275 g/mol. The molecular formula is C14H17N3O3. The van der Waals surface area contributed by atoms with Gasteiger partial charge in [0.2, 0.25) is 0 Å². The summed E-state index contributed by atoms with van der Waals surface area (Å²) in [6.45, 7) is 3.14. The number of rotatable bonds is 3. The predicted molar refractivity (Wildman–Crippen MR) is 71.2 cm³/mol. The first-order chi connectivity index (χ1) is 9.53. The van der Waals surface area contributed by atoms with Gasteiger partial charge in [-0.2, -0.15) is 5.10 Å². The third-order valence-electron chi connectivity index (χ3n) is 3.49. The number of hydrogen-bond acceptors (Lipinski definition) is 4. The Bertz CT molecular complexity index is 601. The molecule has 6 heteroatoms. The number of nitrogens with zero attached hydrogens (tertiary/aromatic N) is 3. The Hall–Kier alpha value is -2.08. The zero-order chi connectivity index (χ0) is 14.2. The summed E-state index contributed by atoms with van der Waals surface area (Å²) in [4.78, 5) is 13.9. The molecule has 1 unspecified atom stereocenters. The van der Waals surface area contributed by atoms with Crippen LogP contribution in [0.5, 0.6) is 0 Å². The van der Waals surface area contributed by atoms with Gasteiger partial charge in [0.15, 0.2) is 5.76 Å². The number of carbonyl (C=O) groups excluding carboxylic acids is 1. The highest BCUT2D eigenvalue weighted by molar-refractivity contribution is 5.91. The first kappa shape index (κ1) is 12.9. The summed E-state index contributed by atoms with van der Waals surface area (Å²) >= 11 is 0. The van der Waals surface area contributed by atoms with Crippen LogP contribution in [0, 0.1) is 0 Å². The second kappa shape index (κ2) is 4.79. The molecule has 6 nitrogen and oxygen atoms in total. The predicted octanol–water partition coefficient (Wildman–Crippen LogP) is 1.12. The number of β-amino-alcohol motifs (C(OH)–C–C–N with tert-alkyl or cyclic N) is 1. The summed E-state index contributed by atoms with van der Waals surface area (Å²) in [5, 5.41) is 14.0. The second-order valence-corrected chi connectivity index (χ2v) is 5.44. The van der Waals surface area contributed by atoms with Crippen molar-refractivity contribution >= 4 is 5.91 Å². The maximum Gasteiger partial charge on any atom is 0.289 e. The van der Waals surface area contributed by atoms with Gasteiger partial charge in [-0.25, -0.2) is 0 Å². The third-order valence-corrected chi connectivity index (χ3v) is 3.49. The standard InChI is InChI=1S/C14H17N3O3/c1-14(19)5-8-16(10-14)13(18)12-4-3-11(20-12)9-17-7-2-6-15-17/h2-4,6-7,19H,5,8-10H2,1H3. The van der Waals surface area contributed by atoms with E-state index in [0.29, 0.717) is 37.6 Å². The molecular weight excluding hydrogens is 258 g/mol. The normalized spacial score (nSPS) is 22.4. The zero-order valence-electron chi connectivity index (χ0n) is 11.3. The van der Waals surface area contributed by atoms with Gasteiger partial charge in [0.05, 0.1) is 12.1 Å². The van der Waals surface area contributed by atoms with Crippen LogP contribution in [-0.2, 0) is 6.54 Å². The first-order valence-corrected chi connectivity index (χ1v) is 6.61. The number of carbonyl (C=O) groups is 1. The van der Waals surface area contributed by atoms with Crippen molar-refractivity contribution in [3.05, 3.63) is 42.1 Å². The first-order valence-electron chi connectivity index (χ1n) is 6.61. The van der Waals surface area contributed by atoms with E-state index in [0.717, 1.165) is 0 Å². The van der Waals surface area contributed by atoms with Gasteiger partial charge >= 0.3 is 0 Å². The minimum Gasteiger partial charge on any atom is -0.454 e. The molecule has 1 saturated heterocycles. The van der Waals surface area contributed by atoms with Crippen molar-refractivity contribution in [2.24, 2.45) is 0 Å². The van der Waals surface area contributed by atoms with Crippen molar-refractivity contribution in [1.82, 2.24) is 14.7 Å². The largest absolute Gasteiger partial charge is 0.454 e. The molecule has 2 aromatic heterocycles. The van der Waals surface area contributed by atoms with Gasteiger partial charge in [0.25, 0.3) is 5.91 Å². The molecule has 0 radical (unpaired) electrons. The smallest absolute Gasteiger partial charge is 0.289 e. The van der Waals surface area contributed by atoms with Crippen LogP contribution in [0.1, 0.15) is 29.7 Å². The molecule has 1 atom stereocenters. The van der Waals surface area contributed by atoms with E-state index in [-0.39, 0.29) is 5.91 Å². The highest BCUT2D eigenvalue weighted by atomic mass is 16.4. The number of aromatic nitrogens is 2. The van der Waals surface area contributed by atoms with Crippen molar-refractivity contribution < 1.29 is 14.3 Å². The highest BCUT2D eigenvalue weighted by Crippen LogP contribution is 2.22. The molecule has 3 rings (SSSR count). The molecule has 2 aromatic rings. The number of amides is 1. The molecule has 1 N–H and O–H groups in total. The molecule has 1 fully saturated rings. The molecule has 20 heavy (non-hydrogen) atoms. The van der Waals surface area contributed by atoms with Crippen LogP contribution in [0.4, 0.5) is 0 Å². The van der Waals surface area contributed by atoms with E-state index in [9.17, 15) is 9.90 Å². The maximum absolute atomic E-state index is 12.2. The van der Waals surface area contributed by atoms with Crippen molar-refractivity contribution in [3.63, 3.8) is 0 Å². The molecule has 0 saturated carbocycles. The fraction of sp³-hybridized carbons (Fsp3) is 0.429. The van der Waals surface area contributed by atoms with Crippen LogP contribution < -0.4 is 0 Å². The lowest BCUT2D eigenvalue weighted by atomic mass is 10.1. The number of furan rings is 1. The summed E-state index contributed by atoms with van der Waals surface area (Å²) in [7, 11) is 0. The van der Waals surface area contributed by atoms with Crippen LogP contribution in [0.3, 0.4) is 0 Å². The maximum atomic E-state index is 12.2. The van der Waals surface area contributed by atoms with Crippen molar-refractivity contribution in [1.29, 1.82) is 0 Å². The molecule has 1 aliphatic rings. The fourth-order valence-corrected chi connectivity index (χ4v) is 2.41. The molecule has 0 aliphatic carbocycles. The van der Waals surface area contributed by atoms with E-state index < -0.39 is 5.60 Å². The highest BCUT2D eigenvalue weighted by Gasteiger charge is 2.35. The molecule has 0 bridgehead atoms. The van der Waals surface area contributed by atoms with Gasteiger partial charge in [0.1, 0.15) is 5.76 Å². The lowest BCUT2D eigenvalue weighted by Gasteiger charge is -2.17. The SMILES string of the molecule is CC1(O)CCN(C(=O)c2ccc(Cn3cccn3)o2)C1. The molecule has 0 spiro atoms. The summed E-state index contributed by atoms with van der Waals surface area (Å²) in [5.41, 5.74) is -0.792. The number of hydrogen-bond donors (Lipinski definition) is 1. The van der Waals surface area contributed by atoms with E-state index in [1.54, 1.807) is 34.8 Å². The van der Waals surface area contributed by atoms with Gasteiger partial charge in [-0.1, -0.05) is 0 Å². The van der Waals surface area contributed by atoms with Crippen molar-refractivity contribution in [3.8, 4) is 0 Å². The number of likely N-dealkylation sites (tertiary alicyclic amines) is 1. The fourth-order valence-electron chi connectivity index (χ4n) is 2.41. The van der Waals surface area contributed by atoms with Gasteiger partial charge < -0.3 is 14.4 Å². The summed E-state index contributed by atoms with van der Waals surface area (Å²) in [6, 6.07) is 5.29. The van der Waals surface area contributed by atoms with E-state index in [2.05, 4.69) is 5.10 Å². The Labute approximate surface area is 116 Å². The molecule has 106 valence electrons. The Morgan fingerprint density at radius 3 is 3.05 bits per heavy atom. The van der Waals surface area contributed by atoms with E-state index in [1.165, 1.54) is 0 Å². The van der Waals surface area contributed by atoms with E-state index >= 15 is 0 Å².